The Hall–Kier alpha value is -0.420. The third-order valence-electron chi connectivity index (χ3n) is 4.80. The van der Waals surface area contributed by atoms with Crippen molar-refractivity contribution in [2.75, 3.05) is 6.61 Å². The van der Waals surface area contributed by atoms with Gasteiger partial charge in [-0.05, 0) is 12.8 Å². The van der Waals surface area contributed by atoms with E-state index in [1.165, 1.54) is 42.3 Å². The number of ether oxygens (including phenoxy) is 1. The van der Waals surface area contributed by atoms with E-state index in [1.54, 1.807) is 0 Å². The molecule has 1 unspecified atom stereocenters. The predicted octanol–water partition coefficient (Wildman–Crippen LogP) is 5.16. The van der Waals surface area contributed by atoms with Crippen LogP contribution >= 0.6 is 23.0 Å². The van der Waals surface area contributed by atoms with Crippen molar-refractivity contribution in [1.29, 1.82) is 0 Å². The summed E-state index contributed by atoms with van der Waals surface area (Å²) in [6, 6.07) is 0. The number of unbranched alkanes of at least 4 members (excludes halogenated alkanes) is 9. The Morgan fingerprint density at radius 2 is 1.39 bits per heavy atom. The van der Waals surface area contributed by atoms with Crippen LogP contribution in [0.4, 0.5) is 0 Å². The molecule has 0 fully saturated rings. The summed E-state index contributed by atoms with van der Waals surface area (Å²) in [5, 5.41) is 0. The van der Waals surface area contributed by atoms with Crippen LogP contribution in [-0.4, -0.2) is 36.3 Å². The number of halogens is 1. The number of carbonyl (C=O) groups excluding carboxylic acids is 2. The first-order valence-electron chi connectivity index (χ1n) is 10.2. The van der Waals surface area contributed by atoms with Gasteiger partial charge in [-0.15, -0.1) is 0 Å². The van der Waals surface area contributed by atoms with Gasteiger partial charge in [0.2, 0.25) is 4.75 Å². The quantitative estimate of drug-likeness (QED) is 0.119. The normalized spacial score (nSPS) is 13.7. The summed E-state index contributed by atoms with van der Waals surface area (Å²) in [5.74, 6) is -1.96. The molecule has 28 heavy (non-hydrogen) atoms. The van der Waals surface area contributed by atoms with E-state index in [-0.39, 0.29) is 13.0 Å². The van der Waals surface area contributed by atoms with E-state index >= 15 is 0 Å². The molecule has 0 aromatic rings. The van der Waals surface area contributed by atoms with Crippen molar-refractivity contribution in [2.45, 2.75) is 102 Å². The largest absolute Gasteiger partial charge is 0.464 e. The van der Waals surface area contributed by atoms with E-state index in [2.05, 4.69) is 9.99 Å². The lowest BCUT2D eigenvalue weighted by molar-refractivity contribution is -0.150. The summed E-state index contributed by atoms with van der Waals surface area (Å²) in [7, 11) is -4.86. The second-order valence-electron chi connectivity index (χ2n) is 7.16. The number of esters is 1. The minimum absolute atomic E-state index is 0.0562. The van der Waals surface area contributed by atoms with Crippen molar-refractivity contribution in [2.24, 2.45) is 0 Å². The topological polar surface area (TPSA) is 107 Å². The second kappa shape index (κ2) is 15.4. The van der Waals surface area contributed by atoms with Gasteiger partial charge >= 0.3 is 11.9 Å². The molecule has 0 rings (SSSR count). The van der Waals surface area contributed by atoms with Crippen LogP contribution < -0.4 is 0 Å². The van der Waals surface area contributed by atoms with Crippen molar-refractivity contribution in [3.63, 3.8) is 0 Å². The average Bonchev–Trinajstić information content (AvgIpc) is 2.64. The summed E-state index contributed by atoms with van der Waals surface area (Å²) in [5.41, 5.74) is 0. The highest BCUT2D eigenvalue weighted by atomic mass is 127. The Balaban J connectivity index is 4.99. The molecule has 0 aromatic heterocycles. The zero-order chi connectivity index (χ0) is 21.5. The maximum absolute atomic E-state index is 12.6. The lowest BCUT2D eigenvalue weighted by atomic mass is 9.96. The summed E-state index contributed by atoms with van der Waals surface area (Å²) in [6.07, 6.45) is 9.16. The third kappa shape index (κ3) is 10.4. The lowest BCUT2D eigenvalue weighted by Crippen LogP contribution is -2.49. The van der Waals surface area contributed by atoms with E-state index in [1.807, 2.05) is 6.92 Å². The molecule has 7 nitrogen and oxygen atoms in total. The van der Waals surface area contributed by atoms with E-state index in [4.69, 9.17) is 4.74 Å². The van der Waals surface area contributed by atoms with Gasteiger partial charge in [0, 0.05) is 0 Å². The van der Waals surface area contributed by atoms with E-state index in [9.17, 15) is 22.6 Å². The standard InChI is InChI=1S/C19H35IO7S/c1-3-5-7-8-9-10-11-12-14-19(28(23,24)25,16-17(21)27-20)18(22)26-15-13-6-4-2/h3-16H2,1-2H3,(H,23,24,25). The first-order valence-corrected chi connectivity index (χ1v) is 12.5. The third-order valence-corrected chi connectivity index (χ3v) is 6.79. The van der Waals surface area contributed by atoms with Crippen molar-refractivity contribution < 1.29 is 30.4 Å². The van der Waals surface area contributed by atoms with Gasteiger partial charge in [-0.3, -0.25) is 14.1 Å². The molecule has 0 bridgehead atoms. The average molecular weight is 534 g/mol. The molecular weight excluding hydrogens is 499 g/mol. The van der Waals surface area contributed by atoms with Gasteiger partial charge in [0.1, 0.15) is 0 Å². The predicted molar refractivity (Wildman–Crippen MR) is 117 cm³/mol. The Bertz CT molecular complexity index is 550. The highest BCUT2D eigenvalue weighted by Crippen LogP contribution is 2.31. The van der Waals surface area contributed by atoms with E-state index in [0.29, 0.717) is 19.3 Å². The molecular formula is C19H35IO7S. The molecule has 0 aliphatic carbocycles. The first-order chi connectivity index (χ1) is 13.2. The van der Waals surface area contributed by atoms with Crippen LogP contribution in [0.15, 0.2) is 0 Å². The van der Waals surface area contributed by atoms with Crippen molar-refractivity contribution in [1.82, 2.24) is 0 Å². The van der Waals surface area contributed by atoms with Gasteiger partial charge in [-0.2, -0.15) is 8.42 Å². The van der Waals surface area contributed by atoms with Crippen molar-refractivity contribution in [3.05, 3.63) is 0 Å². The molecule has 1 atom stereocenters. The lowest BCUT2D eigenvalue weighted by Gasteiger charge is -2.27. The summed E-state index contributed by atoms with van der Waals surface area (Å²) in [6.45, 7) is 4.20. The van der Waals surface area contributed by atoms with Gasteiger partial charge in [-0.1, -0.05) is 78.1 Å². The number of carbonyl (C=O) groups is 2. The Morgan fingerprint density at radius 3 is 1.89 bits per heavy atom. The van der Waals surface area contributed by atoms with Gasteiger partial charge in [0.05, 0.1) is 13.0 Å². The summed E-state index contributed by atoms with van der Waals surface area (Å²) in [4.78, 5) is 24.4. The summed E-state index contributed by atoms with van der Waals surface area (Å²) >= 11 is 1.33. The molecule has 0 aromatic carbocycles. The number of hydrogen-bond donors (Lipinski definition) is 1. The van der Waals surface area contributed by atoms with Crippen LogP contribution in [0.3, 0.4) is 0 Å². The van der Waals surface area contributed by atoms with Crippen molar-refractivity contribution >= 4 is 45.1 Å². The fraction of sp³-hybridized carbons (Fsp3) is 0.895. The highest BCUT2D eigenvalue weighted by Gasteiger charge is 2.53. The molecule has 0 radical (unpaired) electrons. The van der Waals surface area contributed by atoms with Gasteiger partial charge in [0.15, 0.2) is 23.0 Å². The molecule has 0 aliphatic rings. The molecule has 0 aliphatic heterocycles. The molecule has 0 amide bonds. The van der Waals surface area contributed by atoms with Gasteiger partial charge in [-0.25, -0.2) is 0 Å². The Morgan fingerprint density at radius 1 is 0.893 bits per heavy atom. The SMILES string of the molecule is CCCCCCCCCCC(CC(=O)OI)(C(=O)OCCCCC)S(=O)(=O)O. The minimum Gasteiger partial charge on any atom is -0.464 e. The second-order valence-corrected chi connectivity index (χ2v) is 9.34. The molecule has 1 N–H and O–H groups in total. The molecule has 0 heterocycles. The zero-order valence-electron chi connectivity index (χ0n) is 17.1. The van der Waals surface area contributed by atoms with Crippen LogP contribution in [0.2, 0.25) is 0 Å². The molecule has 9 heteroatoms. The van der Waals surface area contributed by atoms with Crippen LogP contribution in [-0.2, 0) is 27.5 Å². The number of hydrogen-bond acceptors (Lipinski definition) is 6. The van der Waals surface area contributed by atoms with Crippen molar-refractivity contribution in [3.8, 4) is 0 Å². The summed E-state index contributed by atoms with van der Waals surface area (Å²) < 4.78 is 41.4. The van der Waals surface area contributed by atoms with Crippen LogP contribution in [0, 0.1) is 0 Å². The van der Waals surface area contributed by atoms with Gasteiger partial charge < -0.3 is 7.80 Å². The Labute approximate surface area is 183 Å². The fourth-order valence-corrected chi connectivity index (χ4v) is 4.17. The van der Waals surface area contributed by atoms with Gasteiger partial charge in [0.25, 0.3) is 10.1 Å². The molecule has 0 saturated carbocycles. The molecule has 0 spiro atoms. The van der Waals surface area contributed by atoms with Crippen LogP contribution in [0.5, 0.6) is 0 Å². The maximum atomic E-state index is 12.6. The minimum atomic E-state index is -4.86. The maximum Gasteiger partial charge on any atom is 0.330 e. The van der Waals surface area contributed by atoms with Crippen LogP contribution in [0.1, 0.15) is 97.3 Å². The molecule has 166 valence electrons. The highest BCUT2D eigenvalue weighted by molar-refractivity contribution is 14.1. The van der Waals surface area contributed by atoms with Crippen LogP contribution in [0.25, 0.3) is 0 Å². The van der Waals surface area contributed by atoms with E-state index < -0.39 is 33.2 Å². The van der Waals surface area contributed by atoms with E-state index in [0.717, 1.165) is 32.1 Å². The zero-order valence-corrected chi connectivity index (χ0v) is 20.1. The number of rotatable bonds is 17. The fourth-order valence-electron chi connectivity index (χ4n) is 3.04. The smallest absolute Gasteiger partial charge is 0.330 e. The molecule has 0 saturated heterocycles. The first kappa shape index (κ1) is 27.6. The Kier molecular flexibility index (Phi) is 15.2. The monoisotopic (exact) mass is 534 g/mol.